The fourth-order valence-corrected chi connectivity index (χ4v) is 5.73. The van der Waals surface area contributed by atoms with Crippen molar-refractivity contribution in [3.05, 3.63) is 78.5 Å². The van der Waals surface area contributed by atoms with Crippen LogP contribution in [0.2, 0.25) is 0 Å². The summed E-state index contributed by atoms with van der Waals surface area (Å²) >= 11 is 1.26. The maximum atomic E-state index is 14.0. The second-order valence-electron chi connectivity index (χ2n) is 9.99. The lowest BCUT2D eigenvalue weighted by Gasteiger charge is -2.25. The number of ether oxygens (including phenoxy) is 5. The Balaban J connectivity index is 1.86. The van der Waals surface area contributed by atoms with Gasteiger partial charge in [0.05, 0.1) is 55.4 Å². The second-order valence-corrected chi connectivity index (χ2v) is 11.0. The van der Waals surface area contributed by atoms with E-state index in [1.807, 2.05) is 38.1 Å². The Hall–Kier alpha value is -4.05. The van der Waals surface area contributed by atoms with Gasteiger partial charge in [-0.2, -0.15) is 0 Å². The summed E-state index contributed by atoms with van der Waals surface area (Å²) in [4.78, 5) is 32.4. The molecule has 1 aliphatic rings. The minimum absolute atomic E-state index is 0.0600. The second kappa shape index (κ2) is 13.7. The van der Waals surface area contributed by atoms with Crippen LogP contribution in [-0.2, 0) is 9.53 Å². The predicted octanol–water partition coefficient (Wildman–Crippen LogP) is 4.78. The molecule has 1 aromatic heterocycles. The van der Waals surface area contributed by atoms with Gasteiger partial charge >= 0.3 is 5.97 Å². The molecule has 0 unspecified atom stereocenters. The molecule has 1 aliphatic heterocycles. The van der Waals surface area contributed by atoms with Gasteiger partial charge in [0, 0.05) is 0 Å². The third-order valence-electron chi connectivity index (χ3n) is 6.62. The first-order chi connectivity index (χ1) is 20.2. The van der Waals surface area contributed by atoms with Gasteiger partial charge in [-0.05, 0) is 75.6 Å². The number of allylic oxidation sites excluding steroid dienone is 1. The normalized spacial score (nSPS) is 14.9. The molecular weight excluding hydrogens is 556 g/mol. The van der Waals surface area contributed by atoms with Crippen LogP contribution in [0, 0.1) is 0 Å². The minimum atomic E-state index is -0.770. The number of thiazole rings is 1. The Morgan fingerprint density at radius 2 is 1.76 bits per heavy atom. The molecule has 3 aromatic rings. The number of rotatable bonds is 12. The zero-order chi connectivity index (χ0) is 30.4. The highest BCUT2D eigenvalue weighted by Gasteiger charge is 2.34. The molecule has 0 radical (unpaired) electrons. The average molecular weight is 595 g/mol. The van der Waals surface area contributed by atoms with Crippen molar-refractivity contribution in [3.63, 3.8) is 0 Å². The lowest BCUT2D eigenvalue weighted by Crippen LogP contribution is -2.40. The summed E-state index contributed by atoms with van der Waals surface area (Å²) < 4.78 is 30.3. The molecular formula is C32H38N2O7S. The van der Waals surface area contributed by atoms with Crippen LogP contribution in [0.5, 0.6) is 23.0 Å². The topological polar surface area (TPSA) is 97.6 Å². The number of hydrogen-bond donors (Lipinski definition) is 0. The predicted molar refractivity (Wildman–Crippen MR) is 163 cm³/mol. The molecule has 0 amide bonds. The summed E-state index contributed by atoms with van der Waals surface area (Å²) in [5.41, 5.74) is 1.95. The van der Waals surface area contributed by atoms with E-state index in [1.54, 1.807) is 50.8 Å². The Kier molecular flexibility index (Phi) is 10.1. The van der Waals surface area contributed by atoms with Crippen molar-refractivity contribution in [2.75, 3.05) is 27.4 Å². The summed E-state index contributed by atoms with van der Waals surface area (Å²) in [5, 5.41) is 0. The highest BCUT2D eigenvalue weighted by atomic mass is 32.1. The largest absolute Gasteiger partial charge is 0.493 e. The lowest BCUT2D eigenvalue weighted by molar-refractivity contribution is -0.139. The van der Waals surface area contributed by atoms with Crippen LogP contribution in [0.1, 0.15) is 64.6 Å². The number of methoxy groups -OCH3 is 2. The van der Waals surface area contributed by atoms with Gasteiger partial charge in [0.15, 0.2) is 27.8 Å². The van der Waals surface area contributed by atoms with E-state index >= 15 is 0 Å². The Bertz CT molecular complexity index is 1650. The van der Waals surface area contributed by atoms with Crippen molar-refractivity contribution in [1.82, 2.24) is 4.57 Å². The van der Waals surface area contributed by atoms with E-state index in [1.165, 1.54) is 11.3 Å². The van der Waals surface area contributed by atoms with Crippen LogP contribution in [0.3, 0.4) is 0 Å². The number of aromatic nitrogens is 1. The molecule has 9 nitrogen and oxygen atoms in total. The monoisotopic (exact) mass is 594 g/mol. The maximum absolute atomic E-state index is 14.0. The molecule has 10 heteroatoms. The molecule has 2 heterocycles. The van der Waals surface area contributed by atoms with E-state index in [0.717, 1.165) is 18.4 Å². The molecule has 4 rings (SSSR count). The molecule has 0 spiro atoms. The summed E-state index contributed by atoms with van der Waals surface area (Å²) in [7, 11) is 3.14. The van der Waals surface area contributed by atoms with Gasteiger partial charge < -0.3 is 23.7 Å². The van der Waals surface area contributed by atoms with Crippen LogP contribution >= 0.6 is 11.3 Å². The zero-order valence-corrected chi connectivity index (χ0v) is 26.0. The summed E-state index contributed by atoms with van der Waals surface area (Å²) in [6, 6.07) is 10.2. The molecule has 1 atom stereocenters. The lowest BCUT2D eigenvalue weighted by atomic mass is 9.95. The van der Waals surface area contributed by atoms with Gasteiger partial charge in [0.25, 0.3) is 5.56 Å². The van der Waals surface area contributed by atoms with E-state index in [-0.39, 0.29) is 18.3 Å². The van der Waals surface area contributed by atoms with Gasteiger partial charge in [-0.15, -0.1) is 0 Å². The van der Waals surface area contributed by atoms with E-state index in [2.05, 4.69) is 11.9 Å². The molecule has 42 heavy (non-hydrogen) atoms. The molecule has 0 bridgehead atoms. The number of benzene rings is 2. The van der Waals surface area contributed by atoms with Crippen molar-refractivity contribution < 1.29 is 28.5 Å². The molecule has 0 saturated heterocycles. The van der Waals surface area contributed by atoms with Crippen LogP contribution in [-0.4, -0.2) is 44.1 Å². The number of fused-ring (bicyclic) bond motifs is 1. The third kappa shape index (κ3) is 6.54. The van der Waals surface area contributed by atoms with E-state index in [4.69, 9.17) is 23.7 Å². The Morgan fingerprint density at radius 1 is 1.05 bits per heavy atom. The molecule has 0 saturated carbocycles. The first-order valence-electron chi connectivity index (χ1n) is 14.1. The third-order valence-corrected chi connectivity index (χ3v) is 7.61. The number of carbonyl (C=O) groups excluding carboxylic acids is 1. The SMILES string of the molecule is CCCCOc1ccc(/C=c2\sc3n(c2=O)[C@@H](c2ccc(OC(C)C)c(OC)c2)C(C(=O)OCC)=C(C)N=3)cc1OC. The summed E-state index contributed by atoms with van der Waals surface area (Å²) in [6.45, 7) is 10.3. The molecule has 0 aliphatic carbocycles. The van der Waals surface area contributed by atoms with Crippen molar-refractivity contribution in [2.24, 2.45) is 4.99 Å². The fraction of sp³-hybridized carbons (Fsp3) is 0.406. The molecule has 224 valence electrons. The first kappa shape index (κ1) is 30.9. The Labute approximate surface area is 249 Å². The smallest absolute Gasteiger partial charge is 0.338 e. The maximum Gasteiger partial charge on any atom is 0.338 e. The number of unbranched alkanes of at least 4 members (excludes halogenated alkanes) is 1. The van der Waals surface area contributed by atoms with Crippen LogP contribution in [0.4, 0.5) is 0 Å². The van der Waals surface area contributed by atoms with Gasteiger partial charge in [0.1, 0.15) is 0 Å². The summed E-state index contributed by atoms with van der Waals surface area (Å²) in [6.07, 6.45) is 3.71. The van der Waals surface area contributed by atoms with E-state index < -0.39 is 12.0 Å². The van der Waals surface area contributed by atoms with E-state index in [9.17, 15) is 9.59 Å². The van der Waals surface area contributed by atoms with Crippen LogP contribution in [0.25, 0.3) is 6.08 Å². The van der Waals surface area contributed by atoms with Crippen LogP contribution < -0.4 is 33.8 Å². The van der Waals surface area contributed by atoms with Gasteiger partial charge in [-0.3, -0.25) is 9.36 Å². The van der Waals surface area contributed by atoms with E-state index in [0.29, 0.717) is 55.8 Å². The number of carbonyl (C=O) groups is 1. The number of hydrogen-bond acceptors (Lipinski definition) is 9. The van der Waals surface area contributed by atoms with Crippen LogP contribution in [0.15, 0.2) is 57.5 Å². The van der Waals surface area contributed by atoms with Crippen molar-refractivity contribution in [1.29, 1.82) is 0 Å². The quantitative estimate of drug-likeness (QED) is 0.220. The highest BCUT2D eigenvalue weighted by molar-refractivity contribution is 7.07. The van der Waals surface area contributed by atoms with Crippen molar-refractivity contribution in [3.8, 4) is 23.0 Å². The van der Waals surface area contributed by atoms with Crippen molar-refractivity contribution >= 4 is 23.4 Å². The molecule has 2 aromatic carbocycles. The molecule has 0 fully saturated rings. The summed E-state index contributed by atoms with van der Waals surface area (Å²) in [5.74, 6) is 1.77. The fourth-order valence-electron chi connectivity index (χ4n) is 4.68. The van der Waals surface area contributed by atoms with Gasteiger partial charge in [0.2, 0.25) is 0 Å². The first-order valence-corrected chi connectivity index (χ1v) is 14.9. The van der Waals surface area contributed by atoms with Gasteiger partial charge in [-0.1, -0.05) is 36.8 Å². The number of nitrogens with zero attached hydrogens (tertiary/aromatic N) is 2. The molecule has 0 N–H and O–H groups in total. The Morgan fingerprint density at radius 3 is 2.43 bits per heavy atom. The zero-order valence-electron chi connectivity index (χ0n) is 25.2. The number of esters is 1. The van der Waals surface area contributed by atoms with Crippen molar-refractivity contribution in [2.45, 2.75) is 59.6 Å². The standard InChI is InChI=1S/C32H38N2O7S/c1-8-10-15-40-23-13-11-21(16-25(23)37-6)17-27-30(35)34-29(22-12-14-24(41-19(3)4)26(18-22)38-7)28(31(36)39-9-2)20(5)33-32(34)42-27/h11-14,16-19,29H,8-10,15H2,1-7H3/b27-17-/t29-/m0/s1. The minimum Gasteiger partial charge on any atom is -0.493 e. The van der Waals surface area contributed by atoms with Gasteiger partial charge in [-0.25, -0.2) is 9.79 Å². The average Bonchev–Trinajstić information content (AvgIpc) is 3.26. The highest BCUT2D eigenvalue weighted by Crippen LogP contribution is 2.36.